The third-order valence-corrected chi connectivity index (χ3v) is 4.07. The first-order valence-corrected chi connectivity index (χ1v) is 6.37. The van der Waals surface area contributed by atoms with Crippen molar-refractivity contribution in [2.24, 2.45) is 5.92 Å². The molecule has 0 unspecified atom stereocenters. The number of Topliss-reactive ketones (excluding diaryl/α,β-unsaturated/α-hetero) is 1. The minimum Gasteiger partial charge on any atom is -0.381 e. The van der Waals surface area contributed by atoms with Crippen molar-refractivity contribution < 1.29 is 9.53 Å². The highest BCUT2D eigenvalue weighted by Gasteiger charge is 2.20. The van der Waals surface area contributed by atoms with E-state index in [-0.39, 0.29) is 5.78 Å². The zero-order valence-electron chi connectivity index (χ0n) is 8.37. The summed E-state index contributed by atoms with van der Waals surface area (Å²) in [7, 11) is 0. The van der Waals surface area contributed by atoms with Crippen LogP contribution in [0.5, 0.6) is 0 Å². The van der Waals surface area contributed by atoms with Gasteiger partial charge in [-0.3, -0.25) is 4.79 Å². The number of carbonyl (C=O) groups is 1. The maximum atomic E-state index is 11.9. The Hall–Kier alpha value is -0.380. The van der Waals surface area contributed by atoms with Crippen LogP contribution in [0.1, 0.15) is 28.9 Å². The summed E-state index contributed by atoms with van der Waals surface area (Å²) >= 11 is 7.35. The van der Waals surface area contributed by atoms with Gasteiger partial charge in [-0.15, -0.1) is 11.3 Å². The third-order valence-electron chi connectivity index (χ3n) is 2.69. The molecule has 2 heterocycles. The standard InChI is InChI=1S/C11H13ClO2S/c12-9-3-6-15-11(9)10(13)7-8-1-4-14-5-2-8/h3,6,8H,1-2,4-5,7H2. The Morgan fingerprint density at radius 3 is 2.87 bits per heavy atom. The molecule has 0 N–H and O–H groups in total. The second kappa shape index (κ2) is 5.10. The second-order valence-corrected chi connectivity index (χ2v) is 5.10. The number of ketones is 1. The van der Waals surface area contributed by atoms with E-state index in [2.05, 4.69) is 0 Å². The van der Waals surface area contributed by atoms with Crippen LogP contribution >= 0.6 is 22.9 Å². The highest BCUT2D eigenvalue weighted by atomic mass is 35.5. The zero-order valence-corrected chi connectivity index (χ0v) is 9.94. The molecule has 0 saturated carbocycles. The van der Waals surface area contributed by atoms with Gasteiger partial charge in [0.2, 0.25) is 0 Å². The largest absolute Gasteiger partial charge is 0.381 e. The highest BCUT2D eigenvalue weighted by molar-refractivity contribution is 7.12. The SMILES string of the molecule is O=C(CC1CCOCC1)c1sccc1Cl. The van der Waals surface area contributed by atoms with E-state index in [0.717, 1.165) is 26.1 Å². The summed E-state index contributed by atoms with van der Waals surface area (Å²) in [6.07, 6.45) is 2.60. The minimum absolute atomic E-state index is 0.182. The van der Waals surface area contributed by atoms with Gasteiger partial charge in [-0.1, -0.05) is 11.6 Å². The Morgan fingerprint density at radius 1 is 1.53 bits per heavy atom. The molecule has 1 saturated heterocycles. The maximum Gasteiger partial charge on any atom is 0.174 e. The van der Waals surface area contributed by atoms with Crippen LogP contribution in [0.15, 0.2) is 11.4 Å². The average Bonchev–Trinajstić information content (AvgIpc) is 2.66. The molecule has 1 aliphatic heterocycles. The van der Waals surface area contributed by atoms with Gasteiger partial charge in [0, 0.05) is 19.6 Å². The van der Waals surface area contributed by atoms with Crippen molar-refractivity contribution >= 4 is 28.7 Å². The molecular weight excluding hydrogens is 232 g/mol. The first-order valence-electron chi connectivity index (χ1n) is 5.11. The molecule has 0 amide bonds. The molecule has 15 heavy (non-hydrogen) atoms. The first-order chi connectivity index (χ1) is 7.27. The Labute approximate surface area is 98.2 Å². The lowest BCUT2D eigenvalue weighted by molar-refractivity contribution is 0.0602. The topological polar surface area (TPSA) is 26.3 Å². The Morgan fingerprint density at radius 2 is 2.27 bits per heavy atom. The monoisotopic (exact) mass is 244 g/mol. The molecule has 0 radical (unpaired) electrons. The lowest BCUT2D eigenvalue weighted by atomic mass is 9.94. The van der Waals surface area contributed by atoms with Crippen LogP contribution < -0.4 is 0 Å². The van der Waals surface area contributed by atoms with E-state index >= 15 is 0 Å². The molecule has 1 aliphatic rings. The number of thiophene rings is 1. The summed E-state index contributed by atoms with van der Waals surface area (Å²) in [6.45, 7) is 1.58. The van der Waals surface area contributed by atoms with Crippen LogP contribution in [0.25, 0.3) is 0 Å². The lowest BCUT2D eigenvalue weighted by Crippen LogP contribution is -2.18. The molecule has 1 aromatic heterocycles. The molecule has 0 atom stereocenters. The van der Waals surface area contributed by atoms with Gasteiger partial charge >= 0.3 is 0 Å². The molecule has 0 aromatic carbocycles. The smallest absolute Gasteiger partial charge is 0.174 e. The van der Waals surface area contributed by atoms with Gasteiger partial charge in [-0.25, -0.2) is 0 Å². The van der Waals surface area contributed by atoms with Gasteiger partial charge in [0.25, 0.3) is 0 Å². The number of rotatable bonds is 3. The van der Waals surface area contributed by atoms with E-state index < -0.39 is 0 Å². The highest BCUT2D eigenvalue weighted by Crippen LogP contribution is 2.27. The Balaban J connectivity index is 1.94. The van der Waals surface area contributed by atoms with Crippen molar-refractivity contribution in [2.45, 2.75) is 19.3 Å². The third kappa shape index (κ3) is 2.80. The summed E-state index contributed by atoms with van der Waals surface area (Å²) in [6, 6.07) is 1.78. The summed E-state index contributed by atoms with van der Waals surface area (Å²) in [5.41, 5.74) is 0. The fourth-order valence-corrected chi connectivity index (χ4v) is 2.91. The van der Waals surface area contributed by atoms with Crippen LogP contribution in [0.2, 0.25) is 5.02 Å². The van der Waals surface area contributed by atoms with E-state index in [1.54, 1.807) is 6.07 Å². The van der Waals surface area contributed by atoms with E-state index in [9.17, 15) is 4.79 Å². The molecule has 1 fully saturated rings. The first kappa shape index (κ1) is 11.1. The number of ether oxygens (including phenoxy) is 1. The maximum absolute atomic E-state index is 11.9. The molecule has 0 aliphatic carbocycles. The average molecular weight is 245 g/mol. The molecule has 0 spiro atoms. The lowest BCUT2D eigenvalue weighted by Gasteiger charge is -2.20. The molecule has 4 heteroatoms. The zero-order chi connectivity index (χ0) is 10.7. The molecule has 2 rings (SSSR count). The fraction of sp³-hybridized carbons (Fsp3) is 0.545. The van der Waals surface area contributed by atoms with Crippen molar-refractivity contribution in [1.29, 1.82) is 0 Å². The van der Waals surface area contributed by atoms with E-state index in [1.165, 1.54) is 11.3 Å². The second-order valence-electron chi connectivity index (χ2n) is 3.78. The minimum atomic E-state index is 0.182. The molecule has 2 nitrogen and oxygen atoms in total. The molecule has 1 aromatic rings. The molecule has 0 bridgehead atoms. The van der Waals surface area contributed by atoms with E-state index in [4.69, 9.17) is 16.3 Å². The summed E-state index contributed by atoms with van der Waals surface area (Å²) in [4.78, 5) is 12.6. The van der Waals surface area contributed by atoms with Crippen molar-refractivity contribution in [1.82, 2.24) is 0 Å². The molecule has 82 valence electrons. The summed E-state index contributed by atoms with van der Waals surface area (Å²) in [5.74, 6) is 0.659. The van der Waals surface area contributed by atoms with Crippen LogP contribution in [0, 0.1) is 5.92 Å². The van der Waals surface area contributed by atoms with Gasteiger partial charge in [-0.2, -0.15) is 0 Å². The van der Waals surface area contributed by atoms with Crippen LogP contribution in [0.3, 0.4) is 0 Å². The van der Waals surface area contributed by atoms with Gasteiger partial charge < -0.3 is 4.74 Å². The summed E-state index contributed by atoms with van der Waals surface area (Å²) < 4.78 is 5.26. The van der Waals surface area contributed by atoms with Crippen LogP contribution in [-0.2, 0) is 4.74 Å². The van der Waals surface area contributed by atoms with Gasteiger partial charge in [0.05, 0.1) is 9.90 Å². The van der Waals surface area contributed by atoms with Crippen LogP contribution in [-0.4, -0.2) is 19.0 Å². The number of halogens is 1. The number of carbonyl (C=O) groups excluding carboxylic acids is 1. The predicted molar refractivity (Wildman–Crippen MR) is 61.8 cm³/mol. The van der Waals surface area contributed by atoms with Crippen LogP contribution in [0.4, 0.5) is 0 Å². The van der Waals surface area contributed by atoms with Crippen molar-refractivity contribution in [3.63, 3.8) is 0 Å². The summed E-state index contributed by atoms with van der Waals surface area (Å²) in [5, 5.41) is 2.46. The van der Waals surface area contributed by atoms with E-state index in [1.807, 2.05) is 5.38 Å². The van der Waals surface area contributed by atoms with Crippen molar-refractivity contribution in [2.75, 3.05) is 13.2 Å². The van der Waals surface area contributed by atoms with E-state index in [0.29, 0.717) is 22.2 Å². The van der Waals surface area contributed by atoms with Gasteiger partial charge in [0.15, 0.2) is 5.78 Å². The molecular formula is C11H13ClO2S. The quantitative estimate of drug-likeness (QED) is 0.762. The number of hydrogen-bond acceptors (Lipinski definition) is 3. The Bertz CT molecular complexity index is 342. The predicted octanol–water partition coefficient (Wildman–Crippen LogP) is 3.40. The Kier molecular flexibility index (Phi) is 3.78. The number of hydrogen-bond donors (Lipinski definition) is 0. The van der Waals surface area contributed by atoms with Crippen molar-refractivity contribution in [3.05, 3.63) is 21.3 Å². The fourth-order valence-electron chi connectivity index (χ4n) is 1.80. The van der Waals surface area contributed by atoms with Crippen molar-refractivity contribution in [3.8, 4) is 0 Å². The normalized spacial score (nSPS) is 17.9. The van der Waals surface area contributed by atoms with Gasteiger partial charge in [0.1, 0.15) is 0 Å². The van der Waals surface area contributed by atoms with Gasteiger partial charge in [-0.05, 0) is 30.2 Å².